The number of H-pyrrole nitrogens is 1. The zero-order chi connectivity index (χ0) is 14.5. The van der Waals surface area contributed by atoms with Gasteiger partial charge in [-0.3, -0.25) is 9.36 Å². The molecule has 1 aliphatic rings. The average Bonchev–Trinajstić information content (AvgIpc) is 2.86. The summed E-state index contributed by atoms with van der Waals surface area (Å²) < 4.78 is 38.0. The van der Waals surface area contributed by atoms with E-state index in [2.05, 4.69) is 4.98 Å². The molecule has 2 aromatic heterocycles. The van der Waals surface area contributed by atoms with Crippen molar-refractivity contribution in [2.24, 2.45) is 0 Å². The first-order valence-corrected chi connectivity index (χ1v) is 7.43. The second-order valence-electron chi connectivity index (χ2n) is 4.81. The molecule has 2 heterocycles. The third-order valence-electron chi connectivity index (χ3n) is 3.46. The number of aromatic amines is 1. The summed E-state index contributed by atoms with van der Waals surface area (Å²) in [5.41, 5.74) is 0.592. The Labute approximate surface area is 121 Å². The van der Waals surface area contributed by atoms with Crippen LogP contribution in [0.5, 0.6) is 0 Å². The molecule has 0 unspecified atom stereocenters. The fourth-order valence-electron chi connectivity index (χ4n) is 2.55. The molecule has 0 saturated heterocycles. The fourth-order valence-corrected chi connectivity index (χ4v) is 4.17. The van der Waals surface area contributed by atoms with Gasteiger partial charge in [-0.25, -0.2) is 0 Å². The quantitative estimate of drug-likeness (QED) is 0.859. The number of hydrogen-bond acceptors (Lipinski definition) is 3. The van der Waals surface area contributed by atoms with Gasteiger partial charge in [0.05, 0.1) is 11.8 Å². The normalized spacial score (nSPS) is 14.9. The van der Waals surface area contributed by atoms with Crippen molar-refractivity contribution in [2.75, 3.05) is 0 Å². The van der Waals surface area contributed by atoms with Crippen LogP contribution in [-0.4, -0.2) is 15.7 Å². The van der Waals surface area contributed by atoms with Gasteiger partial charge >= 0.3 is 6.18 Å². The predicted molar refractivity (Wildman–Crippen MR) is 74.0 cm³/mol. The van der Waals surface area contributed by atoms with E-state index < -0.39 is 24.7 Å². The van der Waals surface area contributed by atoms with Crippen LogP contribution in [0.1, 0.15) is 23.3 Å². The smallest absolute Gasteiger partial charge is 0.323 e. The van der Waals surface area contributed by atoms with Crippen molar-refractivity contribution in [3.63, 3.8) is 0 Å². The molecular formula is C12H11F3N2OS2. The van der Waals surface area contributed by atoms with Crippen molar-refractivity contribution in [2.45, 2.75) is 38.4 Å². The summed E-state index contributed by atoms with van der Waals surface area (Å²) in [6.45, 7) is -0.432. The molecule has 0 spiro atoms. The van der Waals surface area contributed by atoms with E-state index in [9.17, 15) is 18.0 Å². The highest BCUT2D eigenvalue weighted by Crippen LogP contribution is 2.34. The zero-order valence-corrected chi connectivity index (χ0v) is 12.0. The number of halogens is 3. The van der Waals surface area contributed by atoms with Gasteiger partial charge in [-0.2, -0.15) is 13.2 Å². The van der Waals surface area contributed by atoms with Crippen molar-refractivity contribution < 1.29 is 13.2 Å². The second-order valence-corrected chi connectivity index (χ2v) is 6.31. The number of rotatable bonds is 2. The maximum Gasteiger partial charge on any atom is 0.390 e. The molecule has 8 heteroatoms. The Morgan fingerprint density at radius 1 is 1.35 bits per heavy atom. The first-order valence-electron chi connectivity index (χ1n) is 6.21. The van der Waals surface area contributed by atoms with Gasteiger partial charge in [0.25, 0.3) is 5.56 Å². The number of hydrogen-bond donors (Lipinski definition) is 1. The standard InChI is InChI=1S/C12H11F3N2OS2/c13-12(14,15)4-5-17-10(18)8-6-2-1-3-7(6)20-9(8)16-11(17)19/h1-5H2,(H,16,19). The van der Waals surface area contributed by atoms with Crippen molar-refractivity contribution in [1.82, 2.24) is 9.55 Å². The van der Waals surface area contributed by atoms with Crippen LogP contribution in [0, 0.1) is 4.77 Å². The highest BCUT2D eigenvalue weighted by atomic mass is 32.1. The van der Waals surface area contributed by atoms with Gasteiger partial charge in [-0.05, 0) is 37.0 Å². The summed E-state index contributed by atoms with van der Waals surface area (Å²) in [6.07, 6.45) is -2.62. The Bertz CT molecular complexity index is 785. The summed E-state index contributed by atoms with van der Waals surface area (Å²) in [6, 6.07) is 0. The molecule has 0 amide bonds. The molecule has 0 aromatic carbocycles. The van der Waals surface area contributed by atoms with E-state index in [0.29, 0.717) is 10.2 Å². The van der Waals surface area contributed by atoms with E-state index in [-0.39, 0.29) is 4.77 Å². The van der Waals surface area contributed by atoms with E-state index in [1.54, 1.807) is 0 Å². The molecule has 20 heavy (non-hydrogen) atoms. The lowest BCUT2D eigenvalue weighted by Gasteiger charge is -2.09. The molecule has 3 nitrogen and oxygen atoms in total. The Hall–Kier alpha value is -1.15. The van der Waals surface area contributed by atoms with E-state index in [0.717, 1.165) is 34.3 Å². The Morgan fingerprint density at radius 2 is 2.10 bits per heavy atom. The van der Waals surface area contributed by atoms with Crippen LogP contribution in [-0.2, 0) is 19.4 Å². The maximum atomic E-state index is 12.4. The minimum absolute atomic E-state index is 0.0617. The first-order chi connectivity index (χ1) is 9.37. The predicted octanol–water partition coefficient (Wildman–Crippen LogP) is 3.56. The second kappa shape index (κ2) is 4.70. The molecule has 0 saturated carbocycles. The topological polar surface area (TPSA) is 37.8 Å². The number of nitrogens with zero attached hydrogens (tertiary/aromatic N) is 1. The highest BCUT2D eigenvalue weighted by molar-refractivity contribution is 7.71. The molecule has 0 atom stereocenters. The molecule has 0 fully saturated rings. The fraction of sp³-hybridized carbons (Fsp3) is 0.500. The molecule has 0 aliphatic heterocycles. The van der Waals surface area contributed by atoms with Crippen LogP contribution in [0.4, 0.5) is 13.2 Å². The molecule has 2 aromatic rings. The Balaban J connectivity index is 2.13. The molecule has 0 bridgehead atoms. The molecule has 1 aliphatic carbocycles. The Morgan fingerprint density at radius 3 is 2.80 bits per heavy atom. The van der Waals surface area contributed by atoms with Crippen LogP contribution in [0.2, 0.25) is 0 Å². The highest BCUT2D eigenvalue weighted by Gasteiger charge is 2.28. The van der Waals surface area contributed by atoms with E-state index in [4.69, 9.17) is 12.2 Å². The monoisotopic (exact) mass is 320 g/mol. The lowest BCUT2D eigenvalue weighted by molar-refractivity contribution is -0.136. The molecule has 1 N–H and O–H groups in total. The number of nitrogens with one attached hydrogen (secondary N) is 1. The molecule has 3 rings (SSSR count). The van der Waals surface area contributed by atoms with Gasteiger partial charge in [-0.1, -0.05) is 0 Å². The van der Waals surface area contributed by atoms with Crippen molar-refractivity contribution >= 4 is 33.8 Å². The third-order valence-corrected chi connectivity index (χ3v) is 4.99. The first kappa shape index (κ1) is 13.8. The van der Waals surface area contributed by atoms with Gasteiger partial charge < -0.3 is 4.98 Å². The van der Waals surface area contributed by atoms with Crippen LogP contribution < -0.4 is 5.56 Å². The van der Waals surface area contributed by atoms with Gasteiger partial charge in [-0.15, -0.1) is 11.3 Å². The Kier molecular flexibility index (Phi) is 3.24. The van der Waals surface area contributed by atoms with Gasteiger partial charge in [0.2, 0.25) is 0 Å². The van der Waals surface area contributed by atoms with Crippen molar-refractivity contribution in [3.8, 4) is 0 Å². The van der Waals surface area contributed by atoms with Crippen LogP contribution in [0.25, 0.3) is 10.2 Å². The van der Waals surface area contributed by atoms with Gasteiger partial charge in [0, 0.05) is 11.4 Å². The number of thiophene rings is 1. The molecule has 0 radical (unpaired) electrons. The summed E-state index contributed by atoms with van der Waals surface area (Å²) >= 11 is 6.50. The summed E-state index contributed by atoms with van der Waals surface area (Å²) in [5.74, 6) is 0. The number of fused-ring (bicyclic) bond motifs is 3. The third kappa shape index (κ3) is 2.31. The lowest BCUT2D eigenvalue weighted by atomic mass is 10.2. The zero-order valence-electron chi connectivity index (χ0n) is 10.3. The van der Waals surface area contributed by atoms with Crippen LogP contribution in [0.15, 0.2) is 4.79 Å². The number of aryl methyl sites for hydroxylation is 2. The van der Waals surface area contributed by atoms with Gasteiger partial charge in [0.1, 0.15) is 4.83 Å². The van der Waals surface area contributed by atoms with E-state index in [1.807, 2.05) is 0 Å². The average molecular weight is 320 g/mol. The van der Waals surface area contributed by atoms with E-state index >= 15 is 0 Å². The largest absolute Gasteiger partial charge is 0.390 e. The lowest BCUT2D eigenvalue weighted by Crippen LogP contribution is -2.25. The van der Waals surface area contributed by atoms with Gasteiger partial charge in [0.15, 0.2) is 4.77 Å². The minimum atomic E-state index is -4.30. The summed E-state index contributed by atoms with van der Waals surface area (Å²) in [4.78, 5) is 17.1. The molecule has 108 valence electrons. The maximum absolute atomic E-state index is 12.4. The van der Waals surface area contributed by atoms with Crippen LogP contribution >= 0.6 is 23.6 Å². The van der Waals surface area contributed by atoms with Crippen molar-refractivity contribution in [3.05, 3.63) is 25.6 Å². The van der Waals surface area contributed by atoms with Crippen LogP contribution in [0.3, 0.4) is 0 Å². The number of aromatic nitrogens is 2. The summed E-state index contributed by atoms with van der Waals surface area (Å²) in [7, 11) is 0. The number of alkyl halides is 3. The molecular weight excluding hydrogens is 309 g/mol. The van der Waals surface area contributed by atoms with E-state index in [1.165, 1.54) is 11.3 Å². The minimum Gasteiger partial charge on any atom is -0.323 e. The SMILES string of the molecule is O=c1c2c3c(sc2[nH]c(=S)n1CCC(F)(F)F)CCC3. The summed E-state index contributed by atoms with van der Waals surface area (Å²) in [5, 5.41) is 0.526. The van der Waals surface area contributed by atoms with Crippen molar-refractivity contribution in [1.29, 1.82) is 0 Å².